The van der Waals surface area contributed by atoms with Crippen molar-refractivity contribution >= 4 is 34.8 Å². The molecule has 0 unspecified atom stereocenters. The number of aliphatic hydroxyl groups excluding tert-OH is 1. The lowest BCUT2D eigenvalue weighted by Crippen LogP contribution is -2.22. The quantitative estimate of drug-likeness (QED) is 0.810. The van der Waals surface area contributed by atoms with Crippen molar-refractivity contribution in [2.24, 2.45) is 0 Å². The SMILES string of the molecule is Cc1cc(NC(=O)[C@@H](O)c2cc(Cl)cc(Cl)c2)c[nH]c1=O. The lowest BCUT2D eigenvalue weighted by Gasteiger charge is -2.12. The van der Waals surface area contributed by atoms with Gasteiger partial charge in [0.1, 0.15) is 0 Å². The summed E-state index contributed by atoms with van der Waals surface area (Å²) in [5.74, 6) is -0.653. The van der Waals surface area contributed by atoms with Crippen molar-refractivity contribution in [1.82, 2.24) is 4.98 Å². The fourth-order valence-electron chi connectivity index (χ4n) is 1.76. The second-order valence-corrected chi connectivity index (χ2v) is 5.37. The molecule has 0 saturated carbocycles. The van der Waals surface area contributed by atoms with E-state index < -0.39 is 12.0 Å². The van der Waals surface area contributed by atoms with Gasteiger partial charge in [0.15, 0.2) is 6.10 Å². The van der Waals surface area contributed by atoms with E-state index in [9.17, 15) is 14.7 Å². The Balaban J connectivity index is 2.19. The summed E-state index contributed by atoms with van der Waals surface area (Å²) < 4.78 is 0. The van der Waals surface area contributed by atoms with Crippen molar-refractivity contribution in [3.8, 4) is 0 Å². The molecule has 7 heteroatoms. The summed E-state index contributed by atoms with van der Waals surface area (Å²) >= 11 is 11.7. The summed E-state index contributed by atoms with van der Waals surface area (Å²) in [6.45, 7) is 1.61. The van der Waals surface area contributed by atoms with Crippen molar-refractivity contribution in [2.45, 2.75) is 13.0 Å². The number of carbonyl (C=O) groups is 1. The predicted octanol–water partition coefficient (Wildman–Crippen LogP) is 2.66. The average Bonchev–Trinajstić information content (AvgIpc) is 2.41. The minimum atomic E-state index is -1.42. The zero-order valence-corrected chi connectivity index (χ0v) is 12.5. The molecule has 0 bridgehead atoms. The number of aromatic amines is 1. The van der Waals surface area contributed by atoms with Crippen molar-refractivity contribution in [2.75, 3.05) is 5.32 Å². The van der Waals surface area contributed by atoms with Crippen LogP contribution >= 0.6 is 23.2 Å². The third-order valence-electron chi connectivity index (χ3n) is 2.81. The topological polar surface area (TPSA) is 82.2 Å². The van der Waals surface area contributed by atoms with Gasteiger partial charge in [0.2, 0.25) is 0 Å². The number of aromatic nitrogens is 1. The highest BCUT2D eigenvalue weighted by molar-refractivity contribution is 6.34. The van der Waals surface area contributed by atoms with Crippen LogP contribution in [0.15, 0.2) is 35.3 Å². The molecule has 0 aliphatic heterocycles. The van der Waals surface area contributed by atoms with E-state index in [0.717, 1.165) is 0 Å². The number of aryl methyl sites for hydroxylation is 1. The van der Waals surface area contributed by atoms with Crippen molar-refractivity contribution in [1.29, 1.82) is 0 Å². The molecule has 1 heterocycles. The standard InChI is InChI=1S/C14H12Cl2N2O3/c1-7-2-11(6-17-13(7)20)18-14(21)12(19)8-3-9(15)5-10(16)4-8/h2-6,12,19H,1H3,(H,17,20)(H,18,21)/t12-/m0/s1. The second kappa shape index (κ2) is 6.30. The smallest absolute Gasteiger partial charge is 0.257 e. The maximum Gasteiger partial charge on any atom is 0.257 e. The molecule has 21 heavy (non-hydrogen) atoms. The third kappa shape index (κ3) is 3.85. The third-order valence-corrected chi connectivity index (χ3v) is 3.24. The number of hydrogen-bond donors (Lipinski definition) is 3. The van der Waals surface area contributed by atoms with Crippen LogP contribution in [0, 0.1) is 6.92 Å². The fraction of sp³-hybridized carbons (Fsp3) is 0.143. The maximum absolute atomic E-state index is 12.0. The van der Waals surface area contributed by atoms with E-state index in [0.29, 0.717) is 21.3 Å². The van der Waals surface area contributed by atoms with Crippen molar-refractivity contribution < 1.29 is 9.90 Å². The normalized spacial score (nSPS) is 12.0. The number of carbonyl (C=O) groups excluding carboxylic acids is 1. The van der Waals surface area contributed by atoms with Crippen LogP contribution < -0.4 is 10.9 Å². The van der Waals surface area contributed by atoms with Gasteiger partial charge in [-0.15, -0.1) is 0 Å². The molecule has 1 aromatic carbocycles. The van der Waals surface area contributed by atoms with Gasteiger partial charge in [0, 0.05) is 21.8 Å². The number of halogens is 2. The molecular formula is C14H12Cl2N2O3. The summed E-state index contributed by atoms with van der Waals surface area (Å²) in [6, 6.07) is 5.92. The van der Waals surface area contributed by atoms with Gasteiger partial charge in [-0.2, -0.15) is 0 Å². The first-order valence-corrected chi connectivity index (χ1v) is 6.76. The van der Waals surface area contributed by atoms with E-state index in [1.165, 1.54) is 30.5 Å². The molecule has 5 nitrogen and oxygen atoms in total. The van der Waals surface area contributed by atoms with E-state index in [1.807, 2.05) is 0 Å². The van der Waals surface area contributed by atoms with Gasteiger partial charge in [-0.1, -0.05) is 23.2 Å². The van der Waals surface area contributed by atoms with Crippen LogP contribution in [-0.2, 0) is 4.79 Å². The van der Waals surface area contributed by atoms with Crippen LogP contribution in [0.3, 0.4) is 0 Å². The molecule has 2 rings (SSSR count). The molecule has 0 fully saturated rings. The van der Waals surface area contributed by atoms with E-state index in [1.54, 1.807) is 6.92 Å². The Hall–Kier alpha value is -1.82. The molecule has 0 aliphatic carbocycles. The largest absolute Gasteiger partial charge is 0.378 e. The Morgan fingerprint density at radius 2 is 1.86 bits per heavy atom. The van der Waals surface area contributed by atoms with Crippen molar-refractivity contribution in [3.63, 3.8) is 0 Å². The molecule has 0 saturated heterocycles. The van der Waals surface area contributed by atoms with Gasteiger partial charge in [0.05, 0.1) is 5.69 Å². The predicted molar refractivity (Wildman–Crippen MR) is 81.9 cm³/mol. The number of nitrogens with one attached hydrogen (secondary N) is 2. The van der Waals surface area contributed by atoms with Gasteiger partial charge in [-0.25, -0.2) is 0 Å². The minimum Gasteiger partial charge on any atom is -0.378 e. The Bertz CT molecular complexity index is 723. The number of rotatable bonds is 3. The Morgan fingerprint density at radius 3 is 2.43 bits per heavy atom. The summed E-state index contributed by atoms with van der Waals surface area (Å²) in [4.78, 5) is 25.7. The van der Waals surface area contributed by atoms with Gasteiger partial charge >= 0.3 is 0 Å². The molecule has 0 spiro atoms. The maximum atomic E-state index is 12.0. The van der Waals surface area contributed by atoms with Gasteiger partial charge in [0.25, 0.3) is 11.5 Å². The number of benzene rings is 1. The Kier molecular flexibility index (Phi) is 4.67. The number of pyridine rings is 1. The zero-order valence-electron chi connectivity index (χ0n) is 11.0. The van der Waals surface area contributed by atoms with E-state index in [2.05, 4.69) is 10.3 Å². The number of anilines is 1. The molecule has 3 N–H and O–H groups in total. The van der Waals surface area contributed by atoms with Crippen LogP contribution in [0.2, 0.25) is 10.0 Å². The number of aliphatic hydroxyl groups is 1. The average molecular weight is 327 g/mol. The Labute approximate surface area is 130 Å². The number of amides is 1. The monoisotopic (exact) mass is 326 g/mol. The molecule has 1 aromatic heterocycles. The highest BCUT2D eigenvalue weighted by Crippen LogP contribution is 2.24. The highest BCUT2D eigenvalue weighted by atomic mass is 35.5. The second-order valence-electron chi connectivity index (χ2n) is 4.50. The molecule has 0 radical (unpaired) electrons. The van der Waals surface area contributed by atoms with Crippen LogP contribution in [0.5, 0.6) is 0 Å². The number of H-pyrrole nitrogens is 1. The summed E-state index contributed by atoms with van der Waals surface area (Å²) in [7, 11) is 0. The van der Waals surface area contributed by atoms with E-state index in [-0.39, 0.29) is 11.1 Å². The van der Waals surface area contributed by atoms with Crippen LogP contribution in [0.1, 0.15) is 17.2 Å². The van der Waals surface area contributed by atoms with E-state index >= 15 is 0 Å². The molecule has 2 aromatic rings. The van der Waals surface area contributed by atoms with Gasteiger partial charge in [-0.3, -0.25) is 9.59 Å². The highest BCUT2D eigenvalue weighted by Gasteiger charge is 2.18. The zero-order chi connectivity index (χ0) is 15.6. The molecule has 0 aliphatic rings. The van der Waals surface area contributed by atoms with Gasteiger partial charge < -0.3 is 15.4 Å². The first kappa shape index (κ1) is 15.6. The van der Waals surface area contributed by atoms with Crippen LogP contribution in [-0.4, -0.2) is 16.0 Å². The number of hydrogen-bond acceptors (Lipinski definition) is 3. The summed E-state index contributed by atoms with van der Waals surface area (Å²) in [5.41, 5.74) is 0.874. The first-order chi connectivity index (χ1) is 9.86. The lowest BCUT2D eigenvalue weighted by molar-refractivity contribution is -0.124. The van der Waals surface area contributed by atoms with Gasteiger partial charge in [-0.05, 0) is 36.8 Å². The van der Waals surface area contributed by atoms with E-state index in [4.69, 9.17) is 23.2 Å². The fourth-order valence-corrected chi connectivity index (χ4v) is 2.31. The molecule has 110 valence electrons. The lowest BCUT2D eigenvalue weighted by atomic mass is 10.1. The van der Waals surface area contributed by atoms with Crippen LogP contribution in [0.25, 0.3) is 0 Å². The van der Waals surface area contributed by atoms with Crippen LogP contribution in [0.4, 0.5) is 5.69 Å². The Morgan fingerprint density at radius 1 is 1.24 bits per heavy atom. The first-order valence-electron chi connectivity index (χ1n) is 6.01. The van der Waals surface area contributed by atoms with Crippen molar-refractivity contribution in [3.05, 3.63) is 62.0 Å². The minimum absolute atomic E-state index is 0.241. The molecule has 1 amide bonds. The molecule has 1 atom stereocenters. The summed E-state index contributed by atoms with van der Waals surface area (Å²) in [5, 5.41) is 13.2. The summed E-state index contributed by atoms with van der Waals surface area (Å²) in [6.07, 6.45) is -0.0707. The molecular weight excluding hydrogens is 315 g/mol.